The lowest BCUT2D eigenvalue weighted by Gasteiger charge is -2.26. The van der Waals surface area contributed by atoms with Crippen LogP contribution in [-0.2, 0) is 6.54 Å². The summed E-state index contributed by atoms with van der Waals surface area (Å²) in [5, 5.41) is 3.48. The number of nitrogens with zero attached hydrogens (tertiary/aromatic N) is 1. The van der Waals surface area contributed by atoms with Gasteiger partial charge in [0.25, 0.3) is 0 Å². The van der Waals surface area contributed by atoms with Gasteiger partial charge in [-0.1, -0.05) is 26.0 Å². The van der Waals surface area contributed by atoms with E-state index in [1.54, 1.807) is 0 Å². The van der Waals surface area contributed by atoms with Crippen LogP contribution >= 0.6 is 11.8 Å². The van der Waals surface area contributed by atoms with Gasteiger partial charge in [0.05, 0.1) is 0 Å². The van der Waals surface area contributed by atoms with Crippen LogP contribution < -0.4 is 10.2 Å². The van der Waals surface area contributed by atoms with E-state index >= 15 is 0 Å². The van der Waals surface area contributed by atoms with Gasteiger partial charge in [0.1, 0.15) is 0 Å². The Kier molecular flexibility index (Phi) is 7.32. The summed E-state index contributed by atoms with van der Waals surface area (Å²) in [7, 11) is 2.17. The molecule has 0 bridgehead atoms. The van der Waals surface area contributed by atoms with E-state index in [1.807, 2.05) is 11.8 Å². The lowest BCUT2D eigenvalue weighted by molar-refractivity contribution is 0.552. The monoisotopic (exact) mass is 280 g/mol. The molecule has 2 nitrogen and oxygen atoms in total. The van der Waals surface area contributed by atoms with Crippen molar-refractivity contribution in [2.45, 2.75) is 33.4 Å². The summed E-state index contributed by atoms with van der Waals surface area (Å²) in [5.74, 6) is 1.87. The van der Waals surface area contributed by atoms with E-state index in [4.69, 9.17) is 0 Å². The number of benzene rings is 1. The Bertz CT molecular complexity index is 348. The van der Waals surface area contributed by atoms with Gasteiger partial charge in [-0.2, -0.15) is 11.8 Å². The van der Waals surface area contributed by atoms with Crippen molar-refractivity contribution in [3.8, 4) is 0 Å². The standard InChI is InChI=1S/C16H28N2S/c1-13(2)10-17-11-15-6-8-16(9-7-15)18(4)14(3)12-19-5/h6-9,13-14,17H,10-12H2,1-5H3. The van der Waals surface area contributed by atoms with Gasteiger partial charge in [-0.25, -0.2) is 0 Å². The van der Waals surface area contributed by atoms with Gasteiger partial charge in [-0.05, 0) is 43.3 Å². The van der Waals surface area contributed by atoms with Crippen LogP contribution in [0.3, 0.4) is 0 Å². The Morgan fingerprint density at radius 1 is 1.16 bits per heavy atom. The zero-order valence-corrected chi connectivity index (χ0v) is 13.8. The first-order valence-corrected chi connectivity index (χ1v) is 8.45. The quantitative estimate of drug-likeness (QED) is 0.783. The summed E-state index contributed by atoms with van der Waals surface area (Å²) < 4.78 is 0. The van der Waals surface area contributed by atoms with Crippen molar-refractivity contribution in [3.05, 3.63) is 29.8 Å². The molecule has 3 heteroatoms. The predicted molar refractivity (Wildman–Crippen MR) is 89.2 cm³/mol. The van der Waals surface area contributed by atoms with Crippen LogP contribution in [0.4, 0.5) is 5.69 Å². The molecule has 0 aromatic heterocycles. The minimum absolute atomic E-state index is 0.569. The molecular weight excluding hydrogens is 252 g/mol. The summed E-state index contributed by atoms with van der Waals surface area (Å²) >= 11 is 1.90. The average molecular weight is 280 g/mol. The van der Waals surface area contributed by atoms with Crippen LogP contribution in [0.15, 0.2) is 24.3 Å². The SMILES string of the molecule is CSCC(C)N(C)c1ccc(CNCC(C)C)cc1. The van der Waals surface area contributed by atoms with E-state index in [0.29, 0.717) is 12.0 Å². The highest BCUT2D eigenvalue weighted by Gasteiger charge is 2.08. The fourth-order valence-corrected chi connectivity index (χ4v) is 2.67. The van der Waals surface area contributed by atoms with Gasteiger partial charge in [0.2, 0.25) is 0 Å². The first-order chi connectivity index (χ1) is 9.04. The number of hydrogen-bond donors (Lipinski definition) is 1. The van der Waals surface area contributed by atoms with E-state index in [-0.39, 0.29) is 0 Å². The highest BCUT2D eigenvalue weighted by molar-refractivity contribution is 7.98. The summed E-state index contributed by atoms with van der Waals surface area (Å²) in [4.78, 5) is 2.35. The molecule has 1 atom stereocenters. The molecule has 0 fully saturated rings. The first-order valence-electron chi connectivity index (χ1n) is 7.06. The molecular formula is C16H28N2S. The van der Waals surface area contributed by atoms with Crippen LogP contribution in [0.5, 0.6) is 0 Å². The van der Waals surface area contributed by atoms with Crippen molar-refractivity contribution in [2.24, 2.45) is 5.92 Å². The maximum atomic E-state index is 3.48. The maximum Gasteiger partial charge on any atom is 0.0366 e. The number of thioether (sulfide) groups is 1. The van der Waals surface area contributed by atoms with Crippen molar-refractivity contribution >= 4 is 17.4 Å². The van der Waals surface area contributed by atoms with Gasteiger partial charge in [0.15, 0.2) is 0 Å². The fraction of sp³-hybridized carbons (Fsp3) is 0.625. The Labute approximate surface area is 123 Å². The molecule has 0 aliphatic carbocycles. The van der Waals surface area contributed by atoms with Crippen LogP contribution in [0.1, 0.15) is 26.3 Å². The highest BCUT2D eigenvalue weighted by Crippen LogP contribution is 2.17. The lowest BCUT2D eigenvalue weighted by atomic mass is 10.1. The number of rotatable bonds is 8. The fourth-order valence-electron chi connectivity index (χ4n) is 1.96. The molecule has 0 saturated carbocycles. The third-order valence-electron chi connectivity index (χ3n) is 3.29. The molecule has 1 N–H and O–H groups in total. The Morgan fingerprint density at radius 3 is 2.32 bits per heavy atom. The summed E-state index contributed by atoms with van der Waals surface area (Å²) in [5.41, 5.74) is 2.66. The van der Waals surface area contributed by atoms with Gasteiger partial charge in [0, 0.05) is 31.1 Å². The van der Waals surface area contributed by atoms with Gasteiger partial charge in [-0.15, -0.1) is 0 Å². The van der Waals surface area contributed by atoms with Gasteiger partial charge < -0.3 is 10.2 Å². The van der Waals surface area contributed by atoms with Crippen molar-refractivity contribution in [1.29, 1.82) is 0 Å². The second-order valence-electron chi connectivity index (χ2n) is 5.61. The summed E-state index contributed by atoms with van der Waals surface area (Å²) in [6, 6.07) is 9.47. The molecule has 0 heterocycles. The minimum Gasteiger partial charge on any atom is -0.371 e. The highest BCUT2D eigenvalue weighted by atomic mass is 32.2. The molecule has 0 spiro atoms. The lowest BCUT2D eigenvalue weighted by Crippen LogP contribution is -2.30. The number of nitrogens with one attached hydrogen (secondary N) is 1. The van der Waals surface area contributed by atoms with Gasteiger partial charge in [-0.3, -0.25) is 0 Å². The third kappa shape index (κ3) is 5.87. The van der Waals surface area contributed by atoms with Gasteiger partial charge >= 0.3 is 0 Å². The number of anilines is 1. The molecule has 0 radical (unpaired) electrons. The molecule has 0 amide bonds. The molecule has 108 valence electrons. The summed E-state index contributed by atoms with van der Waals surface area (Å²) in [6.07, 6.45) is 2.16. The average Bonchev–Trinajstić information content (AvgIpc) is 2.38. The summed E-state index contributed by atoms with van der Waals surface area (Å²) in [6.45, 7) is 8.78. The third-order valence-corrected chi connectivity index (χ3v) is 4.11. The van der Waals surface area contributed by atoms with Crippen LogP contribution in [0, 0.1) is 5.92 Å². The first kappa shape index (κ1) is 16.4. The minimum atomic E-state index is 0.569. The Balaban J connectivity index is 2.51. The Hall–Kier alpha value is -0.670. The molecule has 1 rings (SSSR count). The van der Waals surface area contributed by atoms with Crippen LogP contribution in [0.25, 0.3) is 0 Å². The largest absolute Gasteiger partial charge is 0.371 e. The molecule has 19 heavy (non-hydrogen) atoms. The smallest absolute Gasteiger partial charge is 0.0366 e. The molecule has 0 saturated heterocycles. The zero-order chi connectivity index (χ0) is 14.3. The second-order valence-corrected chi connectivity index (χ2v) is 6.52. The van der Waals surface area contributed by atoms with E-state index in [1.165, 1.54) is 11.3 Å². The van der Waals surface area contributed by atoms with Crippen molar-refractivity contribution in [2.75, 3.05) is 30.5 Å². The van der Waals surface area contributed by atoms with E-state index in [2.05, 4.69) is 68.6 Å². The molecule has 1 aromatic carbocycles. The number of hydrogen-bond acceptors (Lipinski definition) is 3. The van der Waals surface area contributed by atoms with Crippen LogP contribution in [0.2, 0.25) is 0 Å². The van der Waals surface area contributed by atoms with Crippen LogP contribution in [-0.4, -0.2) is 31.6 Å². The Morgan fingerprint density at radius 2 is 1.79 bits per heavy atom. The molecule has 0 aliphatic heterocycles. The topological polar surface area (TPSA) is 15.3 Å². The van der Waals surface area contributed by atoms with E-state index in [9.17, 15) is 0 Å². The second kappa shape index (κ2) is 8.49. The van der Waals surface area contributed by atoms with Crippen molar-refractivity contribution in [3.63, 3.8) is 0 Å². The zero-order valence-electron chi connectivity index (χ0n) is 12.9. The van der Waals surface area contributed by atoms with E-state index < -0.39 is 0 Å². The molecule has 0 aliphatic rings. The predicted octanol–water partition coefficient (Wildman–Crippen LogP) is 3.62. The van der Waals surface area contributed by atoms with Crippen molar-refractivity contribution < 1.29 is 0 Å². The molecule has 1 aromatic rings. The maximum absolute atomic E-state index is 3.48. The normalized spacial score (nSPS) is 12.7. The molecule has 1 unspecified atom stereocenters. The van der Waals surface area contributed by atoms with Crippen molar-refractivity contribution in [1.82, 2.24) is 5.32 Å². The van der Waals surface area contributed by atoms with E-state index in [0.717, 1.165) is 18.8 Å².